The van der Waals surface area contributed by atoms with Crippen LogP contribution in [0.3, 0.4) is 0 Å². The van der Waals surface area contributed by atoms with E-state index >= 15 is 0 Å². The van der Waals surface area contributed by atoms with E-state index in [0.29, 0.717) is 17.7 Å². The van der Waals surface area contributed by atoms with Crippen molar-refractivity contribution in [1.82, 2.24) is 5.32 Å². The molecule has 0 aromatic rings. The molecule has 2 nitrogen and oxygen atoms in total. The average Bonchev–Trinajstić information content (AvgIpc) is 2.82. The smallest absolute Gasteiger partial charge is 0.223 e. The third-order valence-electron chi connectivity index (χ3n) is 5.00. The summed E-state index contributed by atoms with van der Waals surface area (Å²) in [6, 6.07) is 0. The molecule has 0 aromatic carbocycles. The van der Waals surface area contributed by atoms with Crippen LogP contribution in [0.5, 0.6) is 0 Å². The first-order valence-corrected chi connectivity index (χ1v) is 8.68. The highest BCUT2D eigenvalue weighted by Gasteiger charge is 2.31. The third-order valence-corrected chi connectivity index (χ3v) is 5.83. The van der Waals surface area contributed by atoms with Gasteiger partial charge in [0.2, 0.25) is 5.91 Å². The Hall–Kier alpha value is -0.0500. The summed E-state index contributed by atoms with van der Waals surface area (Å²) in [5.41, 5.74) is 0. The summed E-state index contributed by atoms with van der Waals surface area (Å²) in [5.74, 6) is 2.65. The van der Waals surface area contributed by atoms with Crippen LogP contribution in [0, 0.1) is 23.7 Å². The van der Waals surface area contributed by atoms with Crippen molar-refractivity contribution in [2.24, 2.45) is 23.7 Å². The van der Waals surface area contributed by atoms with Gasteiger partial charge in [-0.25, -0.2) is 0 Å². The minimum atomic E-state index is 0.288. The average molecular weight is 316 g/mol. The molecule has 0 aliphatic heterocycles. The van der Waals surface area contributed by atoms with Crippen LogP contribution in [0.1, 0.15) is 51.9 Å². The molecule has 0 heterocycles. The Kier molecular flexibility index (Phi) is 5.53. The van der Waals surface area contributed by atoms with Gasteiger partial charge in [0.25, 0.3) is 0 Å². The van der Waals surface area contributed by atoms with Gasteiger partial charge >= 0.3 is 0 Å². The Morgan fingerprint density at radius 3 is 2.44 bits per heavy atom. The maximum Gasteiger partial charge on any atom is 0.223 e. The van der Waals surface area contributed by atoms with Crippen molar-refractivity contribution in [1.29, 1.82) is 0 Å². The van der Waals surface area contributed by atoms with Crippen molar-refractivity contribution in [3.8, 4) is 0 Å². The number of amides is 1. The molecule has 104 valence electrons. The van der Waals surface area contributed by atoms with E-state index in [-0.39, 0.29) is 5.92 Å². The molecule has 1 N–H and O–H groups in total. The fraction of sp³-hybridized carbons (Fsp3) is 0.933. The molecule has 0 aromatic heterocycles. The van der Waals surface area contributed by atoms with E-state index < -0.39 is 0 Å². The zero-order valence-corrected chi connectivity index (χ0v) is 13.0. The lowest BCUT2D eigenvalue weighted by Crippen LogP contribution is -2.38. The standard InChI is InChI=1S/C15H26BrNO/c1-11-5-4-8-14(11)15(18)17-10-13-7-3-2-6-12(13)9-16/h11-14H,2-10H2,1H3,(H,17,18). The van der Waals surface area contributed by atoms with Crippen molar-refractivity contribution in [2.45, 2.75) is 51.9 Å². The highest BCUT2D eigenvalue weighted by Crippen LogP contribution is 2.33. The molecule has 0 saturated heterocycles. The molecule has 18 heavy (non-hydrogen) atoms. The van der Waals surface area contributed by atoms with Gasteiger partial charge in [-0.15, -0.1) is 0 Å². The summed E-state index contributed by atoms with van der Waals surface area (Å²) in [7, 11) is 0. The summed E-state index contributed by atoms with van der Waals surface area (Å²) in [4.78, 5) is 12.2. The van der Waals surface area contributed by atoms with Crippen LogP contribution in [0.15, 0.2) is 0 Å². The van der Waals surface area contributed by atoms with E-state index in [2.05, 4.69) is 28.2 Å². The van der Waals surface area contributed by atoms with Crippen molar-refractivity contribution >= 4 is 21.8 Å². The quantitative estimate of drug-likeness (QED) is 0.787. The molecule has 3 heteroatoms. The Labute approximate surface area is 119 Å². The Bertz CT molecular complexity index is 282. The molecule has 0 spiro atoms. The number of halogens is 1. The maximum atomic E-state index is 12.2. The first-order valence-electron chi connectivity index (χ1n) is 7.56. The molecule has 2 fully saturated rings. The van der Waals surface area contributed by atoms with Gasteiger partial charge in [-0.3, -0.25) is 4.79 Å². The molecule has 1 amide bonds. The first-order chi connectivity index (χ1) is 8.72. The predicted molar refractivity (Wildman–Crippen MR) is 78.8 cm³/mol. The van der Waals surface area contributed by atoms with Crippen LogP contribution in [0.4, 0.5) is 0 Å². The normalized spacial score (nSPS) is 36.6. The number of hydrogen-bond donors (Lipinski definition) is 1. The largest absolute Gasteiger partial charge is 0.356 e. The Balaban J connectivity index is 1.77. The zero-order chi connectivity index (χ0) is 13.0. The number of hydrogen-bond acceptors (Lipinski definition) is 1. The lowest BCUT2D eigenvalue weighted by molar-refractivity contribution is -0.126. The monoisotopic (exact) mass is 315 g/mol. The topological polar surface area (TPSA) is 29.1 Å². The van der Waals surface area contributed by atoms with Gasteiger partial charge in [-0.2, -0.15) is 0 Å². The molecular weight excluding hydrogens is 290 g/mol. The Morgan fingerprint density at radius 2 is 1.83 bits per heavy atom. The SMILES string of the molecule is CC1CCCC1C(=O)NCC1CCCCC1CBr. The van der Waals surface area contributed by atoms with Crippen LogP contribution < -0.4 is 5.32 Å². The number of carbonyl (C=O) groups excluding carboxylic acids is 1. The van der Waals surface area contributed by atoms with E-state index in [1.807, 2.05) is 0 Å². The van der Waals surface area contributed by atoms with Gasteiger partial charge < -0.3 is 5.32 Å². The van der Waals surface area contributed by atoms with Crippen LogP contribution in [0.25, 0.3) is 0 Å². The van der Waals surface area contributed by atoms with Gasteiger partial charge in [-0.1, -0.05) is 42.1 Å². The second-order valence-corrected chi connectivity index (χ2v) is 6.87. The molecular formula is C15H26BrNO. The minimum absolute atomic E-state index is 0.288. The molecule has 2 aliphatic rings. The summed E-state index contributed by atoms with van der Waals surface area (Å²) in [6.45, 7) is 3.12. The van der Waals surface area contributed by atoms with Gasteiger partial charge in [0.1, 0.15) is 0 Å². The van der Waals surface area contributed by atoms with E-state index in [1.54, 1.807) is 0 Å². The summed E-state index contributed by atoms with van der Waals surface area (Å²) < 4.78 is 0. The van der Waals surface area contributed by atoms with Crippen LogP contribution in [-0.2, 0) is 4.79 Å². The van der Waals surface area contributed by atoms with Gasteiger partial charge in [-0.05, 0) is 43.4 Å². The zero-order valence-electron chi connectivity index (χ0n) is 11.5. The number of carbonyl (C=O) groups is 1. The van der Waals surface area contributed by atoms with Crippen molar-refractivity contribution in [3.05, 3.63) is 0 Å². The number of rotatable bonds is 4. The van der Waals surface area contributed by atoms with E-state index in [0.717, 1.165) is 24.2 Å². The lowest BCUT2D eigenvalue weighted by Gasteiger charge is -2.31. The molecule has 2 saturated carbocycles. The number of alkyl halides is 1. The summed E-state index contributed by atoms with van der Waals surface area (Å²) in [5, 5.41) is 4.32. The van der Waals surface area contributed by atoms with Crippen LogP contribution >= 0.6 is 15.9 Å². The van der Waals surface area contributed by atoms with Crippen molar-refractivity contribution in [2.75, 3.05) is 11.9 Å². The van der Waals surface area contributed by atoms with Crippen molar-refractivity contribution in [3.63, 3.8) is 0 Å². The minimum Gasteiger partial charge on any atom is -0.356 e. The highest BCUT2D eigenvalue weighted by molar-refractivity contribution is 9.09. The fourth-order valence-electron chi connectivity index (χ4n) is 3.65. The van der Waals surface area contributed by atoms with Gasteiger partial charge in [0.15, 0.2) is 0 Å². The maximum absolute atomic E-state index is 12.2. The molecule has 4 unspecified atom stereocenters. The fourth-order valence-corrected chi connectivity index (χ4v) is 4.51. The van der Waals surface area contributed by atoms with E-state index in [4.69, 9.17) is 0 Å². The lowest BCUT2D eigenvalue weighted by atomic mass is 9.80. The molecule has 4 atom stereocenters. The number of nitrogens with one attached hydrogen (secondary N) is 1. The second kappa shape index (κ2) is 6.93. The van der Waals surface area contributed by atoms with E-state index in [9.17, 15) is 4.79 Å². The highest BCUT2D eigenvalue weighted by atomic mass is 79.9. The molecule has 2 aliphatic carbocycles. The van der Waals surface area contributed by atoms with E-state index in [1.165, 1.54) is 38.5 Å². The van der Waals surface area contributed by atoms with Crippen LogP contribution in [0.2, 0.25) is 0 Å². The van der Waals surface area contributed by atoms with Crippen LogP contribution in [-0.4, -0.2) is 17.8 Å². The van der Waals surface area contributed by atoms with Crippen molar-refractivity contribution < 1.29 is 4.79 Å². The van der Waals surface area contributed by atoms with Gasteiger partial charge in [0, 0.05) is 17.8 Å². The Morgan fingerprint density at radius 1 is 1.11 bits per heavy atom. The molecule has 0 bridgehead atoms. The predicted octanol–water partition coefficient (Wildman–Crippen LogP) is 3.74. The molecule has 2 rings (SSSR count). The third kappa shape index (κ3) is 3.49. The molecule has 0 radical (unpaired) electrons. The first kappa shape index (κ1) is 14.4. The summed E-state index contributed by atoms with van der Waals surface area (Å²) >= 11 is 3.62. The van der Waals surface area contributed by atoms with Gasteiger partial charge in [0.05, 0.1) is 0 Å². The summed E-state index contributed by atoms with van der Waals surface area (Å²) in [6.07, 6.45) is 8.87. The second-order valence-electron chi connectivity index (χ2n) is 6.22.